The van der Waals surface area contributed by atoms with Crippen molar-refractivity contribution in [1.29, 1.82) is 0 Å². The van der Waals surface area contributed by atoms with Crippen molar-refractivity contribution >= 4 is 16.7 Å². The predicted octanol–water partition coefficient (Wildman–Crippen LogP) is 2.71. The minimum absolute atomic E-state index is 0.307. The zero-order valence-electron chi connectivity index (χ0n) is 9.81. The number of piperidine rings is 1. The summed E-state index contributed by atoms with van der Waals surface area (Å²) < 4.78 is 26.4. The maximum absolute atomic E-state index is 13.3. The number of benzene rings is 1. The normalized spacial score (nSPS) is 17.3. The van der Waals surface area contributed by atoms with Crippen LogP contribution in [-0.2, 0) is 0 Å². The summed E-state index contributed by atoms with van der Waals surface area (Å²) in [5.74, 6) is 0.394. The molecule has 5 heteroatoms. The SMILES string of the molecule is Fc1ccc2ncnc(N3CCC(F)CC3)c2c1. The van der Waals surface area contributed by atoms with E-state index in [1.807, 2.05) is 4.90 Å². The van der Waals surface area contributed by atoms with Gasteiger partial charge in [-0.3, -0.25) is 0 Å². The van der Waals surface area contributed by atoms with Gasteiger partial charge in [0.2, 0.25) is 0 Å². The van der Waals surface area contributed by atoms with Gasteiger partial charge in [0.25, 0.3) is 0 Å². The monoisotopic (exact) mass is 249 g/mol. The molecule has 0 bridgehead atoms. The second kappa shape index (κ2) is 4.48. The van der Waals surface area contributed by atoms with Gasteiger partial charge in [0.1, 0.15) is 24.1 Å². The molecule has 0 atom stereocenters. The highest BCUT2D eigenvalue weighted by Crippen LogP contribution is 2.26. The number of halogens is 2. The predicted molar refractivity (Wildman–Crippen MR) is 65.8 cm³/mol. The van der Waals surface area contributed by atoms with Gasteiger partial charge in [-0.1, -0.05) is 0 Å². The number of hydrogen-bond donors (Lipinski definition) is 0. The minimum Gasteiger partial charge on any atom is -0.356 e. The summed E-state index contributed by atoms with van der Waals surface area (Å²) in [7, 11) is 0. The number of fused-ring (bicyclic) bond motifs is 1. The zero-order chi connectivity index (χ0) is 12.5. The Labute approximate surface area is 103 Å². The standard InChI is InChI=1S/C13H13F2N3/c14-9-3-5-18(6-4-9)13-11-7-10(15)1-2-12(11)16-8-17-13/h1-2,7-9H,3-6H2. The molecule has 0 N–H and O–H groups in total. The molecule has 1 fully saturated rings. The first-order valence-corrected chi connectivity index (χ1v) is 6.03. The Hall–Kier alpha value is -1.78. The summed E-state index contributed by atoms with van der Waals surface area (Å²) in [5, 5.41) is 0.690. The average Bonchev–Trinajstić information content (AvgIpc) is 2.39. The second-order valence-corrected chi connectivity index (χ2v) is 4.52. The Balaban J connectivity index is 2.03. The smallest absolute Gasteiger partial charge is 0.139 e. The number of anilines is 1. The molecule has 1 saturated heterocycles. The first-order valence-electron chi connectivity index (χ1n) is 6.03. The second-order valence-electron chi connectivity index (χ2n) is 4.52. The summed E-state index contributed by atoms with van der Waals surface area (Å²) in [6.07, 6.45) is 1.74. The number of rotatable bonds is 1. The van der Waals surface area contributed by atoms with Gasteiger partial charge in [-0.15, -0.1) is 0 Å². The summed E-state index contributed by atoms with van der Waals surface area (Å²) in [4.78, 5) is 10.3. The Kier molecular flexibility index (Phi) is 2.81. The van der Waals surface area contributed by atoms with Gasteiger partial charge >= 0.3 is 0 Å². The fourth-order valence-electron chi connectivity index (χ4n) is 2.33. The quantitative estimate of drug-likeness (QED) is 0.778. The van der Waals surface area contributed by atoms with Crippen molar-refractivity contribution in [1.82, 2.24) is 9.97 Å². The van der Waals surface area contributed by atoms with Gasteiger partial charge in [0, 0.05) is 18.5 Å². The van der Waals surface area contributed by atoms with Crippen LogP contribution in [0.25, 0.3) is 10.9 Å². The lowest BCUT2D eigenvalue weighted by molar-refractivity contribution is 0.277. The molecule has 0 unspecified atom stereocenters. The molecule has 1 aromatic carbocycles. The van der Waals surface area contributed by atoms with Crippen LogP contribution in [0.15, 0.2) is 24.5 Å². The van der Waals surface area contributed by atoms with Crippen LogP contribution in [-0.4, -0.2) is 29.2 Å². The van der Waals surface area contributed by atoms with Crippen LogP contribution < -0.4 is 4.90 Å². The van der Waals surface area contributed by atoms with Crippen molar-refractivity contribution in [3.8, 4) is 0 Å². The maximum atomic E-state index is 13.3. The molecule has 1 aliphatic heterocycles. The average molecular weight is 249 g/mol. The molecule has 1 aliphatic rings. The number of hydrogen-bond acceptors (Lipinski definition) is 3. The van der Waals surface area contributed by atoms with Crippen LogP contribution in [0, 0.1) is 5.82 Å². The van der Waals surface area contributed by atoms with E-state index >= 15 is 0 Å². The maximum Gasteiger partial charge on any atom is 0.139 e. The third kappa shape index (κ3) is 2.00. The molecule has 3 nitrogen and oxygen atoms in total. The summed E-state index contributed by atoms with van der Waals surface area (Å²) in [6, 6.07) is 4.46. The van der Waals surface area contributed by atoms with Crippen LogP contribution in [0.1, 0.15) is 12.8 Å². The van der Waals surface area contributed by atoms with Crippen LogP contribution >= 0.6 is 0 Å². The zero-order valence-corrected chi connectivity index (χ0v) is 9.81. The van der Waals surface area contributed by atoms with Crippen molar-refractivity contribution in [2.24, 2.45) is 0 Å². The van der Waals surface area contributed by atoms with E-state index in [0.717, 1.165) is 0 Å². The Morgan fingerprint density at radius 1 is 1.17 bits per heavy atom. The lowest BCUT2D eigenvalue weighted by Crippen LogP contribution is -2.35. The highest BCUT2D eigenvalue weighted by Gasteiger charge is 2.21. The molecular weight excluding hydrogens is 236 g/mol. The Morgan fingerprint density at radius 3 is 2.72 bits per heavy atom. The first kappa shape index (κ1) is 11.3. The van der Waals surface area contributed by atoms with Crippen LogP contribution in [0.3, 0.4) is 0 Å². The van der Waals surface area contributed by atoms with E-state index in [0.29, 0.717) is 42.7 Å². The van der Waals surface area contributed by atoms with Crippen molar-refractivity contribution < 1.29 is 8.78 Å². The third-order valence-corrected chi connectivity index (χ3v) is 3.30. The molecule has 94 valence electrons. The lowest BCUT2D eigenvalue weighted by atomic mass is 10.1. The fourth-order valence-corrected chi connectivity index (χ4v) is 2.33. The number of alkyl halides is 1. The molecule has 0 amide bonds. The van der Waals surface area contributed by atoms with E-state index in [2.05, 4.69) is 9.97 Å². The van der Waals surface area contributed by atoms with E-state index in [4.69, 9.17) is 0 Å². The van der Waals surface area contributed by atoms with E-state index < -0.39 is 6.17 Å². The van der Waals surface area contributed by atoms with Crippen LogP contribution in [0.4, 0.5) is 14.6 Å². The lowest BCUT2D eigenvalue weighted by Gasteiger charge is -2.30. The molecule has 3 rings (SSSR count). The van der Waals surface area contributed by atoms with Crippen LogP contribution in [0.2, 0.25) is 0 Å². The highest BCUT2D eigenvalue weighted by atomic mass is 19.1. The van der Waals surface area contributed by atoms with Crippen molar-refractivity contribution in [3.05, 3.63) is 30.3 Å². The topological polar surface area (TPSA) is 29.0 Å². The van der Waals surface area contributed by atoms with Crippen LogP contribution in [0.5, 0.6) is 0 Å². The van der Waals surface area contributed by atoms with E-state index in [9.17, 15) is 8.78 Å². The van der Waals surface area contributed by atoms with Crippen molar-refractivity contribution in [3.63, 3.8) is 0 Å². The van der Waals surface area contributed by atoms with Gasteiger partial charge in [-0.2, -0.15) is 0 Å². The van der Waals surface area contributed by atoms with E-state index in [1.54, 1.807) is 6.07 Å². The molecule has 1 aromatic heterocycles. The van der Waals surface area contributed by atoms with E-state index in [1.165, 1.54) is 18.5 Å². The molecule has 0 aliphatic carbocycles. The Bertz CT molecular complexity index is 565. The summed E-state index contributed by atoms with van der Waals surface area (Å²) in [6.45, 7) is 1.23. The number of aromatic nitrogens is 2. The molecule has 0 saturated carbocycles. The molecule has 18 heavy (non-hydrogen) atoms. The molecule has 2 heterocycles. The van der Waals surface area contributed by atoms with Crippen molar-refractivity contribution in [2.75, 3.05) is 18.0 Å². The summed E-state index contributed by atoms with van der Waals surface area (Å²) >= 11 is 0. The van der Waals surface area contributed by atoms with Gasteiger partial charge in [-0.05, 0) is 31.0 Å². The van der Waals surface area contributed by atoms with E-state index in [-0.39, 0.29) is 5.82 Å². The Morgan fingerprint density at radius 2 is 1.94 bits per heavy atom. The first-order chi connectivity index (χ1) is 8.74. The molecular formula is C13H13F2N3. The fraction of sp³-hybridized carbons (Fsp3) is 0.385. The minimum atomic E-state index is -0.730. The molecule has 0 spiro atoms. The molecule has 2 aromatic rings. The van der Waals surface area contributed by atoms with Gasteiger partial charge in [0.05, 0.1) is 5.52 Å². The van der Waals surface area contributed by atoms with Gasteiger partial charge < -0.3 is 4.90 Å². The number of nitrogens with zero attached hydrogens (tertiary/aromatic N) is 3. The third-order valence-electron chi connectivity index (χ3n) is 3.30. The van der Waals surface area contributed by atoms with Gasteiger partial charge in [0.15, 0.2) is 0 Å². The highest BCUT2D eigenvalue weighted by molar-refractivity contribution is 5.89. The van der Waals surface area contributed by atoms with Gasteiger partial charge in [-0.25, -0.2) is 18.7 Å². The van der Waals surface area contributed by atoms with Crippen molar-refractivity contribution in [2.45, 2.75) is 19.0 Å². The largest absolute Gasteiger partial charge is 0.356 e. The molecule has 0 radical (unpaired) electrons. The summed E-state index contributed by atoms with van der Waals surface area (Å²) in [5.41, 5.74) is 0.712.